The van der Waals surface area contributed by atoms with Gasteiger partial charge in [-0.15, -0.1) is 0 Å². The standard InChI is InChI=1S/C47H30O/c1-28-33(17-10-22-43-45(28)37-18-8-13-29-14-9-21-44(48-43)46(29)37)32-23-24-36-34-15-4-6-19-39(34)47(41(36)27-32)40-20-7-5-16-35(40)38-25-30-11-2-3-12-31(30)26-42(38)47/h2-28H,1H3/t28-,47?/m1/s1. The van der Waals surface area contributed by atoms with Crippen LogP contribution in [0, 0.1) is 5.92 Å². The predicted octanol–water partition coefficient (Wildman–Crippen LogP) is 11.7. The van der Waals surface area contributed by atoms with E-state index < -0.39 is 5.41 Å². The SMILES string of the molecule is C[C@@H]1C(c2ccc3c(c2)C2(c4ccccc4-3)c3ccccc3-c3cc4ccccc4cc32)=CC=CC2=C1c1cccc3cccc(c13)O2. The smallest absolute Gasteiger partial charge is 0.135 e. The third-order valence-corrected chi connectivity index (χ3v) is 11.4. The minimum absolute atomic E-state index is 0.124. The molecule has 0 saturated heterocycles. The maximum atomic E-state index is 6.61. The third kappa shape index (κ3) is 3.21. The average molecular weight is 611 g/mol. The van der Waals surface area contributed by atoms with E-state index in [0.29, 0.717) is 0 Å². The van der Waals surface area contributed by atoms with Crippen LogP contribution >= 0.6 is 0 Å². The van der Waals surface area contributed by atoms with Crippen LogP contribution in [0.25, 0.3) is 54.9 Å². The zero-order chi connectivity index (χ0) is 31.6. The van der Waals surface area contributed by atoms with Gasteiger partial charge in [0.05, 0.1) is 5.41 Å². The molecule has 0 aromatic heterocycles. The summed E-state index contributed by atoms with van der Waals surface area (Å²) in [7, 11) is 0. The van der Waals surface area contributed by atoms with Crippen molar-refractivity contribution in [1.82, 2.24) is 0 Å². The molecule has 0 radical (unpaired) electrons. The van der Waals surface area contributed by atoms with Gasteiger partial charge in [-0.1, -0.05) is 134 Å². The lowest BCUT2D eigenvalue weighted by Crippen LogP contribution is -2.26. The molecular weight excluding hydrogens is 581 g/mol. The Balaban J connectivity index is 1.15. The second-order valence-corrected chi connectivity index (χ2v) is 13.6. The van der Waals surface area contributed by atoms with Crippen LogP contribution in [0.15, 0.2) is 164 Å². The highest BCUT2D eigenvalue weighted by molar-refractivity contribution is 6.04. The molecule has 0 fully saturated rings. The molecule has 48 heavy (non-hydrogen) atoms. The molecule has 1 heteroatoms. The van der Waals surface area contributed by atoms with Crippen LogP contribution in [-0.4, -0.2) is 0 Å². The predicted molar refractivity (Wildman–Crippen MR) is 198 cm³/mol. The van der Waals surface area contributed by atoms with E-state index in [1.54, 1.807) is 0 Å². The number of ether oxygens (including phenoxy) is 1. The number of rotatable bonds is 1. The summed E-state index contributed by atoms with van der Waals surface area (Å²) in [5.74, 6) is 2.00. The van der Waals surface area contributed by atoms with Gasteiger partial charge >= 0.3 is 0 Å². The van der Waals surface area contributed by atoms with Crippen molar-refractivity contribution in [3.8, 4) is 28.0 Å². The molecule has 224 valence electrons. The first-order chi connectivity index (χ1) is 23.7. The van der Waals surface area contributed by atoms with Crippen molar-refractivity contribution < 1.29 is 4.74 Å². The molecule has 1 aliphatic heterocycles. The summed E-state index contributed by atoms with van der Waals surface area (Å²) < 4.78 is 6.61. The van der Waals surface area contributed by atoms with Gasteiger partial charge in [0.25, 0.3) is 0 Å². The highest BCUT2D eigenvalue weighted by Gasteiger charge is 2.51. The van der Waals surface area contributed by atoms with Crippen LogP contribution in [0.2, 0.25) is 0 Å². The number of allylic oxidation sites excluding steroid dienone is 5. The fraction of sp³-hybridized carbons (Fsp3) is 0.0638. The van der Waals surface area contributed by atoms with Crippen LogP contribution in [0.4, 0.5) is 0 Å². The van der Waals surface area contributed by atoms with Gasteiger partial charge in [-0.05, 0) is 108 Å². The first-order valence-electron chi connectivity index (χ1n) is 16.9. The summed E-state index contributed by atoms with van der Waals surface area (Å²) in [6, 6.07) is 52.1. The van der Waals surface area contributed by atoms with Gasteiger partial charge in [-0.2, -0.15) is 0 Å². The Hall–Kier alpha value is -5.92. The van der Waals surface area contributed by atoms with Crippen molar-refractivity contribution >= 4 is 32.7 Å². The molecule has 7 aromatic rings. The number of hydrogen-bond acceptors (Lipinski definition) is 1. The molecular formula is C47H30O. The Morgan fingerprint density at radius 1 is 0.521 bits per heavy atom. The van der Waals surface area contributed by atoms with E-state index in [1.807, 2.05) is 0 Å². The normalized spacial score (nSPS) is 19.4. The van der Waals surface area contributed by atoms with E-state index in [0.717, 1.165) is 11.5 Å². The molecule has 1 heterocycles. The van der Waals surface area contributed by atoms with Crippen LogP contribution < -0.4 is 4.74 Å². The molecule has 0 N–H and O–H groups in total. The number of hydrogen-bond donors (Lipinski definition) is 0. The van der Waals surface area contributed by atoms with Gasteiger partial charge in [0.2, 0.25) is 0 Å². The third-order valence-electron chi connectivity index (χ3n) is 11.4. The fourth-order valence-electron chi connectivity index (χ4n) is 9.38. The van der Waals surface area contributed by atoms with Crippen molar-refractivity contribution in [1.29, 1.82) is 0 Å². The summed E-state index contributed by atoms with van der Waals surface area (Å²) in [4.78, 5) is 0. The number of benzene rings is 7. The van der Waals surface area contributed by atoms with Crippen molar-refractivity contribution in [3.05, 3.63) is 197 Å². The van der Waals surface area contributed by atoms with E-state index in [-0.39, 0.29) is 5.92 Å². The fourth-order valence-corrected chi connectivity index (χ4v) is 9.38. The minimum atomic E-state index is -0.398. The molecule has 0 bridgehead atoms. The van der Waals surface area contributed by atoms with Gasteiger partial charge in [-0.3, -0.25) is 0 Å². The summed E-state index contributed by atoms with van der Waals surface area (Å²) in [5.41, 5.74) is 15.5. The van der Waals surface area contributed by atoms with Gasteiger partial charge in [0.1, 0.15) is 11.5 Å². The second-order valence-electron chi connectivity index (χ2n) is 13.6. The van der Waals surface area contributed by atoms with Crippen molar-refractivity contribution in [2.24, 2.45) is 5.92 Å². The van der Waals surface area contributed by atoms with E-state index in [2.05, 4.69) is 165 Å². The first kappa shape index (κ1) is 26.2. The highest BCUT2D eigenvalue weighted by atomic mass is 16.5. The largest absolute Gasteiger partial charge is 0.456 e. The van der Waals surface area contributed by atoms with Gasteiger partial charge in [0.15, 0.2) is 0 Å². The second kappa shape index (κ2) is 9.33. The van der Waals surface area contributed by atoms with Crippen LogP contribution in [-0.2, 0) is 5.41 Å². The van der Waals surface area contributed by atoms with E-state index in [9.17, 15) is 0 Å². The summed E-state index contributed by atoms with van der Waals surface area (Å²) in [6.45, 7) is 2.34. The van der Waals surface area contributed by atoms with E-state index in [1.165, 1.54) is 88.3 Å². The molecule has 0 amide bonds. The summed E-state index contributed by atoms with van der Waals surface area (Å²) in [5, 5.41) is 4.98. The lowest BCUT2D eigenvalue weighted by Gasteiger charge is -2.31. The Morgan fingerprint density at radius 2 is 1.15 bits per heavy atom. The van der Waals surface area contributed by atoms with Gasteiger partial charge < -0.3 is 4.74 Å². The lowest BCUT2D eigenvalue weighted by molar-refractivity contribution is 0.445. The first-order valence-corrected chi connectivity index (χ1v) is 16.9. The van der Waals surface area contributed by atoms with Crippen LogP contribution in [0.5, 0.6) is 5.75 Å². The Labute approximate surface area is 279 Å². The molecule has 3 aliphatic carbocycles. The number of fused-ring (bicyclic) bond motifs is 12. The Bertz CT molecular complexity index is 2660. The molecule has 11 rings (SSSR count). The van der Waals surface area contributed by atoms with Gasteiger partial charge in [-0.25, -0.2) is 0 Å². The Kier molecular flexibility index (Phi) is 5.09. The van der Waals surface area contributed by atoms with E-state index in [4.69, 9.17) is 4.74 Å². The lowest BCUT2D eigenvalue weighted by atomic mass is 9.69. The monoisotopic (exact) mass is 610 g/mol. The maximum Gasteiger partial charge on any atom is 0.135 e. The van der Waals surface area contributed by atoms with E-state index >= 15 is 0 Å². The topological polar surface area (TPSA) is 9.23 Å². The molecule has 0 saturated carbocycles. The molecule has 1 nitrogen and oxygen atoms in total. The molecule has 1 spiro atoms. The van der Waals surface area contributed by atoms with Crippen molar-refractivity contribution in [2.45, 2.75) is 12.3 Å². The van der Waals surface area contributed by atoms with Gasteiger partial charge in [0, 0.05) is 16.9 Å². The molecule has 4 aliphatic rings. The zero-order valence-electron chi connectivity index (χ0n) is 26.5. The minimum Gasteiger partial charge on any atom is -0.456 e. The van der Waals surface area contributed by atoms with Crippen LogP contribution in [0.3, 0.4) is 0 Å². The van der Waals surface area contributed by atoms with Crippen LogP contribution in [0.1, 0.15) is 40.3 Å². The molecule has 1 unspecified atom stereocenters. The average Bonchev–Trinajstić information content (AvgIpc) is 3.51. The summed E-state index contributed by atoms with van der Waals surface area (Å²) >= 11 is 0. The van der Waals surface area contributed by atoms with Crippen molar-refractivity contribution in [3.63, 3.8) is 0 Å². The Morgan fingerprint density at radius 3 is 1.96 bits per heavy atom. The van der Waals surface area contributed by atoms with Crippen molar-refractivity contribution in [2.75, 3.05) is 0 Å². The maximum absolute atomic E-state index is 6.61. The molecule has 7 aromatic carbocycles. The summed E-state index contributed by atoms with van der Waals surface area (Å²) in [6.07, 6.45) is 6.62. The zero-order valence-corrected chi connectivity index (χ0v) is 26.5. The highest BCUT2D eigenvalue weighted by Crippen LogP contribution is 2.63. The molecule has 2 atom stereocenters. The quantitative estimate of drug-likeness (QED) is 0.180.